The van der Waals surface area contributed by atoms with E-state index >= 15 is 0 Å². The van der Waals surface area contributed by atoms with E-state index in [4.69, 9.17) is 22.8 Å². The third-order valence-electron chi connectivity index (χ3n) is 5.75. The third kappa shape index (κ3) is 5.75. The maximum atomic E-state index is 12.4. The Hall–Kier alpha value is -1.81. The van der Waals surface area contributed by atoms with Crippen LogP contribution in [0.5, 0.6) is 0 Å². The Bertz CT molecular complexity index is 954. The first-order valence-corrected chi connectivity index (χ1v) is 14.8. The highest BCUT2D eigenvalue weighted by atomic mass is 32.2. The van der Waals surface area contributed by atoms with Crippen LogP contribution in [0.25, 0.3) is 0 Å². The largest absolute Gasteiger partial charge is 0.459 e. The molecule has 0 aliphatic carbocycles. The monoisotopic (exact) mass is 485 g/mol. The summed E-state index contributed by atoms with van der Waals surface area (Å²) >= 11 is 0. The fraction of sp³-hybridized carbons (Fsp3) is 0.619. The number of hydrogen-bond acceptors (Lipinski definition) is 9. The van der Waals surface area contributed by atoms with Gasteiger partial charge in [0.1, 0.15) is 24.9 Å². The number of benzene rings is 1. The van der Waals surface area contributed by atoms with Crippen molar-refractivity contribution in [3.05, 3.63) is 35.9 Å². The average Bonchev–Trinajstić information content (AvgIpc) is 2.97. The minimum Gasteiger partial charge on any atom is -0.459 e. The lowest BCUT2D eigenvalue weighted by molar-refractivity contribution is -0.150. The molecule has 4 atom stereocenters. The zero-order chi connectivity index (χ0) is 24.4. The van der Waals surface area contributed by atoms with Gasteiger partial charge >= 0.3 is 5.97 Å². The summed E-state index contributed by atoms with van der Waals surface area (Å²) < 4.78 is 52.5. The van der Waals surface area contributed by atoms with Gasteiger partial charge in [0.25, 0.3) is 10.1 Å². The van der Waals surface area contributed by atoms with Crippen LogP contribution in [0, 0.1) is 11.3 Å². The highest BCUT2D eigenvalue weighted by Gasteiger charge is 2.64. The Morgan fingerprint density at radius 3 is 2.31 bits per heavy atom. The minimum atomic E-state index is -4.12. The first-order chi connectivity index (χ1) is 14.7. The molecule has 1 aliphatic rings. The van der Waals surface area contributed by atoms with Crippen molar-refractivity contribution >= 4 is 24.4 Å². The van der Waals surface area contributed by atoms with Gasteiger partial charge in [-0.25, -0.2) is 8.98 Å². The number of methoxy groups -OCH3 is 1. The number of esters is 1. The van der Waals surface area contributed by atoms with Gasteiger partial charge in [0.05, 0.1) is 11.8 Å². The van der Waals surface area contributed by atoms with E-state index in [1.165, 1.54) is 7.11 Å². The van der Waals surface area contributed by atoms with E-state index in [1.807, 2.05) is 39.9 Å². The summed E-state index contributed by atoms with van der Waals surface area (Å²) in [6.45, 7) is 9.47. The molecular weight excluding hydrogens is 454 g/mol. The number of nitrogens with zero attached hydrogens (tertiary/aromatic N) is 1. The van der Waals surface area contributed by atoms with Crippen molar-refractivity contribution in [3.63, 3.8) is 0 Å². The average molecular weight is 486 g/mol. The smallest absolute Gasteiger partial charge is 0.338 e. The van der Waals surface area contributed by atoms with Crippen molar-refractivity contribution in [1.82, 2.24) is 0 Å². The number of hydrogen-bond donors (Lipinski definition) is 0. The molecule has 178 valence electrons. The maximum absolute atomic E-state index is 12.4. The number of carbonyl (C=O) groups is 1. The molecule has 9 nitrogen and oxygen atoms in total. The van der Waals surface area contributed by atoms with Crippen molar-refractivity contribution in [2.45, 2.75) is 63.0 Å². The van der Waals surface area contributed by atoms with Gasteiger partial charge in [0.15, 0.2) is 14.6 Å². The predicted octanol–water partition coefficient (Wildman–Crippen LogP) is 2.84. The van der Waals surface area contributed by atoms with Crippen LogP contribution in [0.3, 0.4) is 0 Å². The van der Waals surface area contributed by atoms with E-state index in [9.17, 15) is 18.5 Å². The van der Waals surface area contributed by atoms with Gasteiger partial charge < -0.3 is 18.6 Å². The van der Waals surface area contributed by atoms with Crippen LogP contribution in [-0.4, -0.2) is 66.8 Å². The molecule has 1 aliphatic heterocycles. The molecule has 0 bridgehead atoms. The van der Waals surface area contributed by atoms with Gasteiger partial charge in [-0.15, -0.1) is 0 Å². The quantitative estimate of drug-likeness (QED) is 0.311. The highest BCUT2D eigenvalue weighted by Crippen LogP contribution is 2.44. The summed E-state index contributed by atoms with van der Waals surface area (Å²) in [6, 6.07) is 10.2. The lowest BCUT2D eigenvalue weighted by atomic mass is 9.95. The molecule has 0 saturated carbocycles. The van der Waals surface area contributed by atoms with Crippen LogP contribution < -0.4 is 0 Å². The second-order valence-electron chi connectivity index (χ2n) is 9.18. The molecule has 1 heterocycles. The Kier molecular flexibility index (Phi) is 7.92. The van der Waals surface area contributed by atoms with E-state index < -0.39 is 55.1 Å². The Morgan fingerprint density at radius 2 is 1.84 bits per heavy atom. The number of carbonyl (C=O) groups excluding carboxylic acids is 1. The summed E-state index contributed by atoms with van der Waals surface area (Å²) in [7, 11) is -5.29. The standard InChI is InChI=1S/C21H31NO8SSi/c1-20(2,3)32(6,7)29-17-19(26-4)28-16(21(17,14-22)30-31(5,24)25)13-27-18(23)15-11-9-8-10-12-15/h8-12,16-17,19H,13H2,1-7H3/t16-,17+,19?,21-/m1/s1. The first-order valence-electron chi connectivity index (χ1n) is 10.1. The lowest BCUT2D eigenvalue weighted by Crippen LogP contribution is -2.58. The van der Waals surface area contributed by atoms with E-state index in [0.29, 0.717) is 5.56 Å². The fourth-order valence-corrected chi connectivity index (χ4v) is 5.03. The molecular formula is C21H31NO8SSi. The van der Waals surface area contributed by atoms with Gasteiger partial charge in [-0.05, 0) is 30.3 Å². The van der Waals surface area contributed by atoms with Gasteiger partial charge in [0, 0.05) is 7.11 Å². The lowest BCUT2D eigenvalue weighted by Gasteiger charge is -2.41. The van der Waals surface area contributed by atoms with E-state index in [-0.39, 0.29) is 5.04 Å². The van der Waals surface area contributed by atoms with E-state index in [0.717, 1.165) is 6.26 Å². The molecule has 0 spiro atoms. The molecule has 0 radical (unpaired) electrons. The van der Waals surface area contributed by atoms with Gasteiger partial charge in [-0.3, -0.25) is 0 Å². The SMILES string of the molecule is COC1O[C@H](COC(=O)c2ccccc2)[C@@](C#N)(OS(C)(=O)=O)[C@H]1O[Si](C)(C)C(C)(C)C. The molecule has 1 aromatic carbocycles. The normalized spacial score (nSPS) is 26.5. The van der Waals surface area contributed by atoms with Crippen molar-refractivity contribution < 1.29 is 36.0 Å². The summed E-state index contributed by atoms with van der Waals surface area (Å²) in [6.07, 6.45) is -2.73. The molecule has 1 aromatic rings. The zero-order valence-electron chi connectivity index (χ0n) is 19.4. The summed E-state index contributed by atoms with van der Waals surface area (Å²) in [5.74, 6) is -0.650. The zero-order valence-corrected chi connectivity index (χ0v) is 21.3. The summed E-state index contributed by atoms with van der Waals surface area (Å²) in [4.78, 5) is 12.4. The van der Waals surface area contributed by atoms with Crippen LogP contribution in [0.4, 0.5) is 0 Å². The Morgan fingerprint density at radius 1 is 1.25 bits per heavy atom. The van der Waals surface area contributed by atoms with Crippen molar-refractivity contribution in [2.24, 2.45) is 0 Å². The fourth-order valence-electron chi connectivity index (χ4n) is 3.01. The van der Waals surface area contributed by atoms with Crippen LogP contribution >= 0.6 is 0 Å². The summed E-state index contributed by atoms with van der Waals surface area (Å²) in [5, 5.41) is 9.88. The van der Waals surface area contributed by atoms with Gasteiger partial charge in [-0.1, -0.05) is 39.0 Å². The Balaban J connectivity index is 2.42. The first kappa shape index (κ1) is 26.4. The molecule has 0 amide bonds. The van der Waals surface area contributed by atoms with Crippen molar-refractivity contribution in [3.8, 4) is 6.07 Å². The number of ether oxygens (including phenoxy) is 3. The molecule has 1 saturated heterocycles. The van der Waals surface area contributed by atoms with Crippen LogP contribution in [-0.2, 0) is 32.9 Å². The second-order valence-corrected chi connectivity index (χ2v) is 15.5. The van der Waals surface area contributed by atoms with Crippen LogP contribution in [0.2, 0.25) is 18.1 Å². The maximum Gasteiger partial charge on any atom is 0.338 e. The van der Waals surface area contributed by atoms with Gasteiger partial charge in [-0.2, -0.15) is 13.7 Å². The highest BCUT2D eigenvalue weighted by molar-refractivity contribution is 7.86. The van der Waals surface area contributed by atoms with E-state index in [2.05, 4.69) is 0 Å². The molecule has 1 fully saturated rings. The predicted molar refractivity (Wildman–Crippen MR) is 119 cm³/mol. The third-order valence-corrected chi connectivity index (χ3v) is 10.8. The molecule has 1 unspecified atom stereocenters. The van der Waals surface area contributed by atoms with Crippen molar-refractivity contribution in [2.75, 3.05) is 20.0 Å². The molecule has 0 aromatic heterocycles. The molecule has 32 heavy (non-hydrogen) atoms. The number of nitriles is 1. The van der Waals surface area contributed by atoms with Crippen LogP contribution in [0.15, 0.2) is 30.3 Å². The molecule has 11 heteroatoms. The van der Waals surface area contributed by atoms with Gasteiger partial charge in [0.2, 0.25) is 5.60 Å². The molecule has 2 rings (SSSR count). The van der Waals surface area contributed by atoms with Crippen molar-refractivity contribution in [1.29, 1.82) is 5.26 Å². The summed E-state index contributed by atoms with van der Waals surface area (Å²) in [5.41, 5.74) is -1.81. The Labute approximate surface area is 190 Å². The van der Waals surface area contributed by atoms with Crippen LogP contribution in [0.1, 0.15) is 31.1 Å². The topological polar surface area (TPSA) is 121 Å². The molecule has 0 N–H and O–H groups in total. The van der Waals surface area contributed by atoms with E-state index in [1.54, 1.807) is 30.3 Å². The minimum absolute atomic E-state index is 0.255. The number of rotatable bonds is 8. The second kappa shape index (κ2) is 9.58.